The van der Waals surface area contributed by atoms with Gasteiger partial charge in [0.25, 0.3) is 5.91 Å². The van der Waals surface area contributed by atoms with Crippen LogP contribution in [0.1, 0.15) is 18.1 Å². The Hall–Kier alpha value is -3.67. The molecule has 5 rings (SSSR count). The summed E-state index contributed by atoms with van der Waals surface area (Å²) in [5.74, 6) is 1.23. The zero-order valence-electron chi connectivity index (χ0n) is 23.0. The lowest BCUT2D eigenvalue weighted by atomic mass is 10.1. The second kappa shape index (κ2) is 12.7. The van der Waals surface area contributed by atoms with Crippen LogP contribution in [-0.2, 0) is 17.4 Å². The predicted octanol–water partition coefficient (Wildman–Crippen LogP) is 5.95. The van der Waals surface area contributed by atoms with E-state index in [1.165, 1.54) is 13.0 Å². The molecule has 0 spiro atoms. The van der Waals surface area contributed by atoms with Gasteiger partial charge in [0, 0.05) is 67.8 Å². The fourth-order valence-electron chi connectivity index (χ4n) is 5.12. The number of amides is 1. The van der Waals surface area contributed by atoms with E-state index in [9.17, 15) is 23.2 Å². The third-order valence-corrected chi connectivity index (χ3v) is 7.55. The highest BCUT2D eigenvalue weighted by Gasteiger charge is 2.34. The van der Waals surface area contributed by atoms with E-state index in [0.717, 1.165) is 49.5 Å². The van der Waals surface area contributed by atoms with E-state index < -0.39 is 17.4 Å². The topological polar surface area (TPSA) is 80.3 Å². The van der Waals surface area contributed by atoms with Crippen LogP contribution >= 0.6 is 11.6 Å². The average molecular weight is 604 g/mol. The van der Waals surface area contributed by atoms with Gasteiger partial charge in [0.2, 0.25) is 0 Å². The SMILES string of the molecule is CCN([O-])c1ccc(Nc2ccc(OCC(=O)N3CCN(CC4Cc5cc(Cl)ccc5O4)CC3)cc2)cc1C(F)(F)F. The van der Waals surface area contributed by atoms with E-state index in [4.69, 9.17) is 21.1 Å². The summed E-state index contributed by atoms with van der Waals surface area (Å²) >= 11 is 6.09. The first-order valence-electron chi connectivity index (χ1n) is 13.7. The molecular weight excluding hydrogens is 573 g/mol. The number of hydrogen-bond acceptors (Lipinski definition) is 7. The predicted molar refractivity (Wildman–Crippen MR) is 156 cm³/mol. The largest absolute Gasteiger partial charge is 0.758 e. The van der Waals surface area contributed by atoms with Crippen molar-refractivity contribution < 1.29 is 27.4 Å². The summed E-state index contributed by atoms with van der Waals surface area (Å²) in [4.78, 5) is 16.8. The highest BCUT2D eigenvalue weighted by atomic mass is 35.5. The fourth-order valence-corrected chi connectivity index (χ4v) is 5.32. The van der Waals surface area contributed by atoms with Gasteiger partial charge in [0.15, 0.2) is 6.61 Å². The minimum Gasteiger partial charge on any atom is -0.758 e. The van der Waals surface area contributed by atoms with E-state index >= 15 is 0 Å². The maximum absolute atomic E-state index is 13.5. The number of carbonyl (C=O) groups is 1. The van der Waals surface area contributed by atoms with Crippen LogP contribution < -0.4 is 19.9 Å². The van der Waals surface area contributed by atoms with Gasteiger partial charge < -0.3 is 30.0 Å². The number of hydroxylamine groups is 1. The lowest BCUT2D eigenvalue weighted by molar-refractivity contribution is -0.137. The van der Waals surface area contributed by atoms with Gasteiger partial charge in [-0.05, 0) is 73.2 Å². The van der Waals surface area contributed by atoms with Gasteiger partial charge in [0.1, 0.15) is 17.6 Å². The Balaban J connectivity index is 1.07. The number of nitrogens with zero attached hydrogens (tertiary/aromatic N) is 3. The molecule has 0 aliphatic carbocycles. The van der Waals surface area contributed by atoms with Gasteiger partial charge in [-0.2, -0.15) is 13.2 Å². The van der Waals surface area contributed by atoms with Crippen molar-refractivity contribution in [2.45, 2.75) is 25.6 Å². The lowest BCUT2D eigenvalue weighted by Crippen LogP contribution is -2.51. The van der Waals surface area contributed by atoms with Crippen molar-refractivity contribution in [2.24, 2.45) is 0 Å². The van der Waals surface area contributed by atoms with E-state index in [1.54, 1.807) is 29.2 Å². The minimum absolute atomic E-state index is 0.0665. The molecule has 1 amide bonds. The molecule has 3 aromatic rings. The summed E-state index contributed by atoms with van der Waals surface area (Å²) in [6.45, 7) is 4.72. The molecule has 12 heteroatoms. The van der Waals surface area contributed by atoms with Crippen molar-refractivity contribution in [3.8, 4) is 11.5 Å². The number of alkyl halides is 3. The molecule has 224 valence electrons. The first kappa shape index (κ1) is 29.8. The Kier molecular flexibility index (Phi) is 9.00. The van der Waals surface area contributed by atoms with Gasteiger partial charge >= 0.3 is 6.18 Å². The molecule has 3 aromatic carbocycles. The number of halogens is 4. The molecule has 42 heavy (non-hydrogen) atoms. The standard InChI is InChI=1S/C30H31ClF3N4O4/c1-2-38(40)27-9-6-23(17-26(27)30(32,33)34)35-22-4-7-24(8-5-22)41-19-29(39)37-13-11-36(12-14-37)18-25-16-20-15-21(31)3-10-28(20)42-25/h3-10,15,17,25,35H,2,11-14,16,18-19H2,1H3/q-1. The fraction of sp³-hybridized carbons (Fsp3) is 0.367. The highest BCUT2D eigenvalue weighted by molar-refractivity contribution is 6.30. The van der Waals surface area contributed by atoms with Crippen LogP contribution in [0.2, 0.25) is 5.02 Å². The van der Waals surface area contributed by atoms with Crippen LogP contribution in [-0.4, -0.2) is 67.7 Å². The Bertz CT molecular complexity index is 1400. The normalized spacial score (nSPS) is 17.0. The summed E-state index contributed by atoms with van der Waals surface area (Å²) < 4.78 is 52.2. The molecule has 1 unspecified atom stereocenters. The van der Waals surface area contributed by atoms with Gasteiger partial charge in [-0.3, -0.25) is 9.69 Å². The number of anilines is 3. The van der Waals surface area contributed by atoms with Crippen LogP contribution in [0.5, 0.6) is 11.5 Å². The monoisotopic (exact) mass is 603 g/mol. The summed E-state index contributed by atoms with van der Waals surface area (Å²) in [7, 11) is 0. The zero-order valence-corrected chi connectivity index (χ0v) is 23.8. The molecule has 1 fully saturated rings. The van der Waals surface area contributed by atoms with E-state index in [2.05, 4.69) is 10.2 Å². The molecule has 1 N–H and O–H groups in total. The molecule has 1 atom stereocenters. The van der Waals surface area contributed by atoms with Crippen LogP contribution in [0.15, 0.2) is 60.7 Å². The minimum atomic E-state index is -4.67. The molecule has 0 aromatic heterocycles. The number of carbonyl (C=O) groups excluding carboxylic acids is 1. The van der Waals surface area contributed by atoms with Crippen molar-refractivity contribution in [1.29, 1.82) is 0 Å². The van der Waals surface area contributed by atoms with Crippen LogP contribution in [0.3, 0.4) is 0 Å². The smallest absolute Gasteiger partial charge is 0.418 e. The number of ether oxygens (including phenoxy) is 2. The molecule has 0 radical (unpaired) electrons. The molecule has 1 saturated heterocycles. The Morgan fingerprint density at radius 1 is 1.07 bits per heavy atom. The van der Waals surface area contributed by atoms with Crippen molar-refractivity contribution >= 4 is 34.6 Å². The van der Waals surface area contributed by atoms with E-state index in [-0.39, 0.29) is 30.9 Å². The number of benzene rings is 3. The number of nitrogens with one attached hydrogen (secondary N) is 1. The third kappa shape index (κ3) is 7.21. The van der Waals surface area contributed by atoms with Crippen LogP contribution in [0.4, 0.5) is 30.2 Å². The third-order valence-electron chi connectivity index (χ3n) is 7.31. The van der Waals surface area contributed by atoms with Crippen molar-refractivity contribution in [1.82, 2.24) is 9.80 Å². The molecule has 2 aliphatic heterocycles. The molecule has 0 bridgehead atoms. The number of piperazine rings is 1. The highest BCUT2D eigenvalue weighted by Crippen LogP contribution is 2.39. The maximum Gasteiger partial charge on any atom is 0.418 e. The number of hydrogen-bond donors (Lipinski definition) is 1. The first-order valence-corrected chi connectivity index (χ1v) is 14.1. The summed E-state index contributed by atoms with van der Waals surface area (Å²) in [5, 5.41) is 15.8. The van der Waals surface area contributed by atoms with Crippen LogP contribution in [0.25, 0.3) is 0 Å². The Labute approximate surface area is 247 Å². The van der Waals surface area contributed by atoms with Gasteiger partial charge in [-0.1, -0.05) is 11.6 Å². The molecule has 2 heterocycles. The molecule has 2 aliphatic rings. The summed E-state index contributed by atoms with van der Waals surface area (Å²) in [5.41, 5.74) is 0.400. The van der Waals surface area contributed by atoms with Crippen molar-refractivity contribution in [3.63, 3.8) is 0 Å². The van der Waals surface area contributed by atoms with Gasteiger partial charge in [-0.25, -0.2) is 0 Å². The van der Waals surface area contributed by atoms with E-state index in [1.807, 2.05) is 18.2 Å². The van der Waals surface area contributed by atoms with Crippen molar-refractivity contribution in [3.05, 3.63) is 82.0 Å². The van der Waals surface area contributed by atoms with Gasteiger partial charge in [-0.15, -0.1) is 0 Å². The molecule has 8 nitrogen and oxygen atoms in total. The first-order chi connectivity index (χ1) is 20.1. The lowest BCUT2D eigenvalue weighted by Gasteiger charge is -2.35. The molecular formula is C30H31ClF3N4O4-. The molecule has 0 saturated carbocycles. The second-order valence-corrected chi connectivity index (χ2v) is 10.7. The zero-order chi connectivity index (χ0) is 29.9. The maximum atomic E-state index is 13.5. The summed E-state index contributed by atoms with van der Waals surface area (Å²) in [6.07, 6.45) is -3.79. The number of fused-ring (bicyclic) bond motifs is 1. The Morgan fingerprint density at radius 3 is 2.48 bits per heavy atom. The second-order valence-electron chi connectivity index (χ2n) is 10.2. The summed E-state index contributed by atoms with van der Waals surface area (Å²) in [6, 6.07) is 15.7. The van der Waals surface area contributed by atoms with Crippen molar-refractivity contribution in [2.75, 3.05) is 56.3 Å². The van der Waals surface area contributed by atoms with Crippen LogP contribution in [0, 0.1) is 5.21 Å². The number of rotatable bonds is 9. The Morgan fingerprint density at radius 2 is 1.79 bits per heavy atom. The van der Waals surface area contributed by atoms with Gasteiger partial charge in [0.05, 0.1) is 5.56 Å². The average Bonchev–Trinajstić information content (AvgIpc) is 3.37. The quantitative estimate of drug-likeness (QED) is 0.303. The van der Waals surface area contributed by atoms with E-state index in [0.29, 0.717) is 34.6 Å².